The third-order valence-electron chi connectivity index (χ3n) is 7.47. The van der Waals surface area contributed by atoms with Crippen LogP contribution in [-0.4, -0.2) is 56.3 Å². The lowest BCUT2D eigenvalue weighted by Crippen LogP contribution is -2.72. The molecule has 4 fully saturated rings. The van der Waals surface area contributed by atoms with E-state index in [0.717, 1.165) is 38.0 Å². The molecule has 2 N–H and O–H groups in total. The Kier molecular flexibility index (Phi) is 4.64. The van der Waals surface area contributed by atoms with Gasteiger partial charge in [-0.2, -0.15) is 0 Å². The molecule has 27 heavy (non-hydrogen) atoms. The fourth-order valence-corrected chi connectivity index (χ4v) is 5.93. The fourth-order valence-electron chi connectivity index (χ4n) is 5.93. The summed E-state index contributed by atoms with van der Waals surface area (Å²) in [5.74, 6) is 2.62. The lowest BCUT2D eigenvalue weighted by molar-refractivity contribution is -0.171. The van der Waals surface area contributed by atoms with Gasteiger partial charge >= 0.3 is 0 Å². The van der Waals surface area contributed by atoms with Gasteiger partial charge in [-0.25, -0.2) is 0 Å². The smallest absolute Gasteiger partial charge is 0.191 e. The van der Waals surface area contributed by atoms with Gasteiger partial charge in [-0.3, -0.25) is 9.89 Å². The quantitative estimate of drug-likeness (QED) is 0.614. The van der Waals surface area contributed by atoms with Crippen molar-refractivity contribution in [2.75, 3.05) is 33.3 Å². The number of ether oxygens (including phenoxy) is 1. The van der Waals surface area contributed by atoms with Crippen LogP contribution in [0.5, 0.6) is 0 Å². The SMILES string of the molecule is CN=C(NCC(c1ccco1)N1CCCC1)NC1C2CCOC2C12CCC2. The topological polar surface area (TPSA) is 62.0 Å². The van der Waals surface area contributed by atoms with Crippen LogP contribution in [0.25, 0.3) is 0 Å². The van der Waals surface area contributed by atoms with Crippen LogP contribution < -0.4 is 10.6 Å². The molecular formula is C21H32N4O2. The first-order chi connectivity index (χ1) is 13.3. The summed E-state index contributed by atoms with van der Waals surface area (Å²) >= 11 is 0. The maximum absolute atomic E-state index is 6.05. The first-order valence-corrected chi connectivity index (χ1v) is 10.7. The average molecular weight is 373 g/mol. The third kappa shape index (κ3) is 2.88. The lowest BCUT2D eigenvalue weighted by atomic mass is 9.46. The molecule has 1 aromatic heterocycles. The van der Waals surface area contributed by atoms with Gasteiger partial charge in [-0.15, -0.1) is 0 Å². The minimum absolute atomic E-state index is 0.266. The minimum Gasteiger partial charge on any atom is -0.468 e. The highest BCUT2D eigenvalue weighted by Gasteiger charge is 2.66. The van der Waals surface area contributed by atoms with Gasteiger partial charge in [0.2, 0.25) is 0 Å². The van der Waals surface area contributed by atoms with Crippen LogP contribution in [0, 0.1) is 11.3 Å². The van der Waals surface area contributed by atoms with Crippen LogP contribution in [0.3, 0.4) is 0 Å². The molecular weight excluding hydrogens is 340 g/mol. The van der Waals surface area contributed by atoms with E-state index in [4.69, 9.17) is 9.15 Å². The molecule has 2 saturated carbocycles. The van der Waals surface area contributed by atoms with E-state index in [9.17, 15) is 0 Å². The fraction of sp³-hybridized carbons (Fsp3) is 0.762. The number of hydrogen-bond donors (Lipinski definition) is 2. The number of aliphatic imine (C=N–C) groups is 1. The van der Waals surface area contributed by atoms with E-state index in [1.165, 1.54) is 38.5 Å². The summed E-state index contributed by atoms with van der Waals surface area (Å²) in [6.07, 6.45) is 9.94. The van der Waals surface area contributed by atoms with Crippen molar-refractivity contribution in [1.29, 1.82) is 0 Å². The Hall–Kier alpha value is -1.53. The molecule has 2 aliphatic heterocycles. The zero-order valence-corrected chi connectivity index (χ0v) is 16.3. The molecule has 1 aromatic rings. The van der Waals surface area contributed by atoms with Crippen molar-refractivity contribution >= 4 is 5.96 Å². The molecule has 0 bridgehead atoms. The van der Waals surface area contributed by atoms with E-state index in [2.05, 4.69) is 26.6 Å². The zero-order valence-electron chi connectivity index (χ0n) is 16.3. The second kappa shape index (κ2) is 7.13. The molecule has 0 radical (unpaired) electrons. The molecule has 2 aliphatic carbocycles. The zero-order chi connectivity index (χ0) is 18.3. The number of likely N-dealkylation sites (tertiary alicyclic amines) is 1. The van der Waals surface area contributed by atoms with Gasteiger partial charge in [0.15, 0.2) is 5.96 Å². The van der Waals surface area contributed by atoms with Gasteiger partial charge in [0.05, 0.1) is 18.4 Å². The summed E-state index contributed by atoms with van der Waals surface area (Å²) in [5, 5.41) is 7.36. The number of guanidine groups is 1. The van der Waals surface area contributed by atoms with Gasteiger partial charge in [0, 0.05) is 37.6 Å². The van der Waals surface area contributed by atoms with Crippen LogP contribution in [0.4, 0.5) is 0 Å². The third-order valence-corrected chi connectivity index (χ3v) is 7.47. The first-order valence-electron chi connectivity index (χ1n) is 10.7. The van der Waals surface area contributed by atoms with Crippen molar-refractivity contribution in [3.63, 3.8) is 0 Å². The Morgan fingerprint density at radius 2 is 2.19 bits per heavy atom. The van der Waals surface area contributed by atoms with E-state index in [1.807, 2.05) is 13.1 Å². The number of furan rings is 1. The van der Waals surface area contributed by atoms with Crippen LogP contribution in [0.1, 0.15) is 50.3 Å². The predicted molar refractivity (Wildman–Crippen MR) is 105 cm³/mol. The lowest BCUT2D eigenvalue weighted by Gasteiger charge is -2.63. The molecule has 148 valence electrons. The number of fused-ring (bicyclic) bond motifs is 2. The molecule has 4 atom stereocenters. The van der Waals surface area contributed by atoms with E-state index in [-0.39, 0.29) is 6.04 Å². The van der Waals surface area contributed by atoms with E-state index < -0.39 is 0 Å². The molecule has 5 rings (SSSR count). The van der Waals surface area contributed by atoms with Crippen molar-refractivity contribution in [1.82, 2.24) is 15.5 Å². The highest BCUT2D eigenvalue weighted by Crippen LogP contribution is 2.62. The van der Waals surface area contributed by atoms with E-state index in [1.54, 1.807) is 6.26 Å². The number of rotatable bonds is 5. The highest BCUT2D eigenvalue weighted by molar-refractivity contribution is 5.80. The molecule has 2 saturated heterocycles. The minimum atomic E-state index is 0.266. The number of nitrogens with zero attached hydrogens (tertiary/aromatic N) is 2. The second-order valence-electron chi connectivity index (χ2n) is 8.68. The van der Waals surface area contributed by atoms with Gasteiger partial charge < -0.3 is 19.8 Å². The molecule has 4 aliphatic rings. The van der Waals surface area contributed by atoms with Gasteiger partial charge in [0.25, 0.3) is 0 Å². The van der Waals surface area contributed by atoms with Gasteiger partial charge in [0.1, 0.15) is 5.76 Å². The summed E-state index contributed by atoms with van der Waals surface area (Å²) in [6.45, 7) is 4.03. The van der Waals surface area contributed by atoms with Crippen LogP contribution >= 0.6 is 0 Å². The van der Waals surface area contributed by atoms with Gasteiger partial charge in [-0.05, 0) is 57.3 Å². The van der Waals surface area contributed by atoms with Crippen molar-refractivity contribution < 1.29 is 9.15 Å². The molecule has 0 aromatic carbocycles. The first kappa shape index (κ1) is 17.6. The Morgan fingerprint density at radius 1 is 1.33 bits per heavy atom. The van der Waals surface area contributed by atoms with Crippen molar-refractivity contribution in [2.45, 2.75) is 56.7 Å². The maximum atomic E-state index is 6.05. The average Bonchev–Trinajstić information content (AvgIpc) is 3.38. The number of nitrogens with one attached hydrogen (secondary N) is 2. The molecule has 1 spiro atoms. The standard InChI is InChI=1S/C21H32N4O2/c1-22-20(24-18-15-7-13-27-19(15)21(18)8-5-9-21)23-14-16(17-6-4-12-26-17)25-10-2-3-11-25/h4,6,12,15-16,18-19H,2-3,5,7-11,13-14H2,1H3,(H2,22,23,24). The summed E-state index contributed by atoms with van der Waals surface area (Å²) in [6, 6.07) is 4.86. The maximum Gasteiger partial charge on any atom is 0.191 e. The summed E-state index contributed by atoms with van der Waals surface area (Å²) in [4.78, 5) is 7.06. The molecule has 6 heteroatoms. The Balaban J connectivity index is 1.24. The second-order valence-corrected chi connectivity index (χ2v) is 8.68. The van der Waals surface area contributed by atoms with Crippen molar-refractivity contribution in [3.05, 3.63) is 24.2 Å². The Labute approximate surface area is 161 Å². The Morgan fingerprint density at radius 3 is 2.85 bits per heavy atom. The highest BCUT2D eigenvalue weighted by atomic mass is 16.5. The van der Waals surface area contributed by atoms with Crippen molar-refractivity contribution in [3.8, 4) is 0 Å². The molecule has 0 amide bonds. The summed E-state index contributed by atoms with van der Waals surface area (Å²) < 4.78 is 11.8. The van der Waals surface area contributed by atoms with E-state index in [0.29, 0.717) is 23.5 Å². The summed E-state index contributed by atoms with van der Waals surface area (Å²) in [7, 11) is 1.88. The van der Waals surface area contributed by atoms with Crippen LogP contribution in [0.2, 0.25) is 0 Å². The molecule has 4 unspecified atom stereocenters. The van der Waals surface area contributed by atoms with Crippen LogP contribution in [0.15, 0.2) is 27.8 Å². The van der Waals surface area contributed by atoms with E-state index >= 15 is 0 Å². The number of hydrogen-bond acceptors (Lipinski definition) is 4. The normalized spacial score (nSPS) is 33.4. The predicted octanol–water partition coefficient (Wildman–Crippen LogP) is 2.54. The molecule has 6 nitrogen and oxygen atoms in total. The molecule has 3 heterocycles. The van der Waals surface area contributed by atoms with Crippen molar-refractivity contribution in [2.24, 2.45) is 16.3 Å². The Bertz CT molecular complexity index is 664. The van der Waals surface area contributed by atoms with Gasteiger partial charge in [-0.1, -0.05) is 6.42 Å². The summed E-state index contributed by atoms with van der Waals surface area (Å²) in [5.41, 5.74) is 0.369. The monoisotopic (exact) mass is 372 g/mol. The van der Waals surface area contributed by atoms with Crippen LogP contribution in [-0.2, 0) is 4.74 Å². The largest absolute Gasteiger partial charge is 0.468 e.